The van der Waals surface area contributed by atoms with E-state index in [-0.39, 0.29) is 5.75 Å². The van der Waals surface area contributed by atoms with Gasteiger partial charge in [-0.05, 0) is 25.5 Å². The highest BCUT2D eigenvalue weighted by Crippen LogP contribution is 2.24. The van der Waals surface area contributed by atoms with Crippen molar-refractivity contribution in [1.82, 2.24) is 19.5 Å². The summed E-state index contributed by atoms with van der Waals surface area (Å²) < 4.78 is 1.97. The zero-order chi connectivity index (χ0) is 21.8. The van der Waals surface area contributed by atoms with Crippen LogP contribution in [0.25, 0.3) is 11.2 Å². The fourth-order valence-corrected chi connectivity index (χ4v) is 3.32. The molecule has 0 amide bonds. The smallest absolute Gasteiger partial charge is 0.226 e. The highest BCUT2D eigenvalue weighted by atomic mass is 16.3. The molecule has 4 aromatic rings. The number of aliphatic hydroxyl groups excluding tert-OH is 1. The Kier molecular flexibility index (Phi) is 5.99. The monoisotopic (exact) mass is 418 g/mol. The summed E-state index contributed by atoms with van der Waals surface area (Å²) in [7, 11) is 0. The lowest BCUT2D eigenvalue weighted by atomic mass is 10.1. The summed E-state index contributed by atoms with van der Waals surface area (Å²) in [5.41, 5.74) is 4.30. The first-order valence-corrected chi connectivity index (χ1v) is 10.2. The van der Waals surface area contributed by atoms with Gasteiger partial charge in [-0.1, -0.05) is 48.0 Å². The molecule has 2 aromatic heterocycles. The number of nitrogens with one attached hydrogen (secondary N) is 2. The normalized spacial score (nSPS) is 12.1. The standard InChI is InChI=1S/C23H26N6O2/c1-15-8-9-19(31)18(10-15)12-24-21-20-22(28-23(27-21)25-11-16(2)30)29(14-26-20)13-17-6-4-3-5-7-17/h3-10,14,16,30-31H,11-13H2,1-2H3,(H2,24,25,27,28). The maximum Gasteiger partial charge on any atom is 0.226 e. The van der Waals surface area contributed by atoms with E-state index in [9.17, 15) is 10.2 Å². The Labute approximate surface area is 180 Å². The van der Waals surface area contributed by atoms with Crippen molar-refractivity contribution in [3.63, 3.8) is 0 Å². The molecule has 0 saturated heterocycles. The molecule has 0 aliphatic heterocycles. The van der Waals surface area contributed by atoms with Crippen LogP contribution in [0.5, 0.6) is 5.75 Å². The molecular weight excluding hydrogens is 392 g/mol. The molecule has 2 aromatic carbocycles. The van der Waals surface area contributed by atoms with Gasteiger partial charge < -0.3 is 25.4 Å². The van der Waals surface area contributed by atoms with Crippen molar-refractivity contribution in [3.05, 3.63) is 71.5 Å². The molecule has 8 nitrogen and oxygen atoms in total. The van der Waals surface area contributed by atoms with E-state index in [1.807, 2.05) is 41.8 Å². The number of nitrogens with zero attached hydrogens (tertiary/aromatic N) is 4. The van der Waals surface area contributed by atoms with E-state index >= 15 is 0 Å². The van der Waals surface area contributed by atoms with Gasteiger partial charge in [0.25, 0.3) is 0 Å². The summed E-state index contributed by atoms with van der Waals surface area (Å²) in [4.78, 5) is 13.7. The van der Waals surface area contributed by atoms with Gasteiger partial charge in [0.05, 0.1) is 19.0 Å². The number of aliphatic hydroxyl groups is 1. The van der Waals surface area contributed by atoms with E-state index in [0.29, 0.717) is 42.6 Å². The molecule has 4 rings (SSSR count). The summed E-state index contributed by atoms with van der Waals surface area (Å²) in [6.45, 7) is 5.03. The number of hydrogen-bond donors (Lipinski definition) is 4. The Morgan fingerprint density at radius 3 is 2.65 bits per heavy atom. The molecule has 4 N–H and O–H groups in total. The Hall–Kier alpha value is -3.65. The van der Waals surface area contributed by atoms with Crippen LogP contribution in [0.15, 0.2) is 54.9 Å². The molecule has 1 atom stereocenters. The maximum absolute atomic E-state index is 10.2. The quantitative estimate of drug-likeness (QED) is 0.348. The van der Waals surface area contributed by atoms with Gasteiger partial charge in [-0.2, -0.15) is 9.97 Å². The highest BCUT2D eigenvalue weighted by Gasteiger charge is 2.15. The second-order valence-corrected chi connectivity index (χ2v) is 7.64. The van der Waals surface area contributed by atoms with E-state index in [4.69, 9.17) is 0 Å². The second kappa shape index (κ2) is 9.01. The Morgan fingerprint density at radius 2 is 1.87 bits per heavy atom. The van der Waals surface area contributed by atoms with Crippen LogP contribution in [0.4, 0.5) is 11.8 Å². The van der Waals surface area contributed by atoms with Gasteiger partial charge in [0.15, 0.2) is 17.0 Å². The van der Waals surface area contributed by atoms with Crippen LogP contribution < -0.4 is 10.6 Å². The summed E-state index contributed by atoms with van der Waals surface area (Å²) >= 11 is 0. The molecule has 0 radical (unpaired) electrons. The van der Waals surface area contributed by atoms with Crippen molar-refractivity contribution >= 4 is 22.9 Å². The van der Waals surface area contributed by atoms with Gasteiger partial charge >= 0.3 is 0 Å². The number of rotatable bonds is 8. The van der Waals surface area contributed by atoms with Crippen molar-refractivity contribution in [2.75, 3.05) is 17.2 Å². The largest absolute Gasteiger partial charge is 0.508 e. The predicted octanol–water partition coefficient (Wildman–Crippen LogP) is 3.29. The van der Waals surface area contributed by atoms with Gasteiger partial charge in [-0.15, -0.1) is 0 Å². The Bertz CT molecular complexity index is 1170. The van der Waals surface area contributed by atoms with E-state index in [0.717, 1.165) is 16.7 Å². The first kappa shape index (κ1) is 20.6. The highest BCUT2D eigenvalue weighted by molar-refractivity contribution is 5.84. The number of phenolic OH excluding ortho intramolecular Hbond substituents is 1. The number of imidazole rings is 1. The third-order valence-corrected chi connectivity index (χ3v) is 4.90. The van der Waals surface area contributed by atoms with E-state index in [1.165, 1.54) is 0 Å². The van der Waals surface area contributed by atoms with Crippen LogP contribution in [-0.4, -0.2) is 42.4 Å². The third kappa shape index (κ3) is 4.92. The number of aromatic hydroxyl groups is 1. The molecular formula is C23H26N6O2. The van der Waals surface area contributed by atoms with Crippen LogP contribution in [0.2, 0.25) is 0 Å². The first-order valence-electron chi connectivity index (χ1n) is 10.2. The first-order chi connectivity index (χ1) is 15.0. The van der Waals surface area contributed by atoms with Crippen molar-refractivity contribution in [3.8, 4) is 5.75 Å². The molecule has 0 aliphatic rings. The van der Waals surface area contributed by atoms with Gasteiger partial charge in [0.2, 0.25) is 5.95 Å². The topological polar surface area (TPSA) is 108 Å². The van der Waals surface area contributed by atoms with Crippen LogP contribution in [0, 0.1) is 6.92 Å². The number of benzene rings is 2. The van der Waals surface area contributed by atoms with Crippen molar-refractivity contribution in [2.24, 2.45) is 0 Å². The lowest BCUT2D eigenvalue weighted by molar-refractivity contribution is 0.208. The molecule has 2 heterocycles. The molecule has 1 unspecified atom stereocenters. The average Bonchev–Trinajstić information content (AvgIpc) is 3.16. The number of aromatic nitrogens is 4. The average molecular weight is 419 g/mol. The summed E-state index contributed by atoms with van der Waals surface area (Å²) in [5.74, 6) is 1.19. The SMILES string of the molecule is Cc1ccc(O)c(CNc2nc(NCC(C)O)nc3c2ncn3Cc2ccccc2)c1. The van der Waals surface area contributed by atoms with E-state index < -0.39 is 6.10 Å². The van der Waals surface area contributed by atoms with Crippen molar-refractivity contribution in [1.29, 1.82) is 0 Å². The molecule has 31 heavy (non-hydrogen) atoms. The fraction of sp³-hybridized carbons (Fsp3) is 0.261. The fourth-order valence-electron chi connectivity index (χ4n) is 3.32. The summed E-state index contributed by atoms with van der Waals surface area (Å²) in [5, 5.41) is 26.2. The molecule has 0 bridgehead atoms. The lowest BCUT2D eigenvalue weighted by Gasteiger charge is -2.12. The van der Waals surface area contributed by atoms with E-state index in [1.54, 1.807) is 19.3 Å². The molecule has 8 heteroatoms. The maximum atomic E-state index is 10.2. The molecule has 0 saturated carbocycles. The van der Waals surface area contributed by atoms with Gasteiger partial charge in [-0.3, -0.25) is 0 Å². The van der Waals surface area contributed by atoms with Crippen molar-refractivity contribution < 1.29 is 10.2 Å². The molecule has 0 fully saturated rings. The number of hydrogen-bond acceptors (Lipinski definition) is 7. The molecule has 0 spiro atoms. The zero-order valence-corrected chi connectivity index (χ0v) is 17.6. The molecule has 0 aliphatic carbocycles. The molecule has 160 valence electrons. The zero-order valence-electron chi connectivity index (χ0n) is 17.6. The van der Waals surface area contributed by atoms with E-state index in [2.05, 4.69) is 37.7 Å². The number of aryl methyl sites for hydroxylation is 1. The Morgan fingerprint density at radius 1 is 1.06 bits per heavy atom. The van der Waals surface area contributed by atoms with Gasteiger partial charge in [-0.25, -0.2) is 4.98 Å². The third-order valence-electron chi connectivity index (χ3n) is 4.90. The Balaban J connectivity index is 1.67. The minimum atomic E-state index is -0.533. The van der Waals surface area contributed by atoms with Crippen LogP contribution >= 0.6 is 0 Å². The number of anilines is 2. The van der Waals surface area contributed by atoms with Crippen LogP contribution in [0.3, 0.4) is 0 Å². The minimum absolute atomic E-state index is 0.227. The number of phenols is 1. The van der Waals surface area contributed by atoms with Crippen molar-refractivity contribution in [2.45, 2.75) is 33.0 Å². The van der Waals surface area contributed by atoms with Crippen LogP contribution in [-0.2, 0) is 13.1 Å². The van der Waals surface area contributed by atoms with Gasteiger partial charge in [0, 0.05) is 18.7 Å². The second-order valence-electron chi connectivity index (χ2n) is 7.64. The predicted molar refractivity (Wildman–Crippen MR) is 121 cm³/mol. The van der Waals surface area contributed by atoms with Crippen LogP contribution in [0.1, 0.15) is 23.6 Å². The summed E-state index contributed by atoms with van der Waals surface area (Å²) in [6, 6.07) is 15.6. The number of fused-ring (bicyclic) bond motifs is 1. The van der Waals surface area contributed by atoms with Gasteiger partial charge in [0.1, 0.15) is 5.75 Å². The minimum Gasteiger partial charge on any atom is -0.508 e. The lowest BCUT2D eigenvalue weighted by Crippen LogP contribution is -2.17. The summed E-state index contributed by atoms with van der Waals surface area (Å²) in [6.07, 6.45) is 1.22.